The van der Waals surface area contributed by atoms with Gasteiger partial charge in [0.15, 0.2) is 12.5 Å². The third-order valence-corrected chi connectivity index (χ3v) is 6.38. The number of pyridine rings is 1. The second-order valence-corrected chi connectivity index (χ2v) is 8.42. The van der Waals surface area contributed by atoms with Crippen LogP contribution in [-0.4, -0.2) is 52.6 Å². The van der Waals surface area contributed by atoms with Gasteiger partial charge in [-0.15, -0.1) is 5.10 Å². The Hall–Kier alpha value is -2.55. The van der Waals surface area contributed by atoms with E-state index < -0.39 is 0 Å². The average Bonchev–Trinajstić information content (AvgIpc) is 3.04. The Labute approximate surface area is 182 Å². The van der Waals surface area contributed by atoms with E-state index in [1.165, 1.54) is 16.0 Å². The van der Waals surface area contributed by atoms with Crippen molar-refractivity contribution >= 4 is 12.2 Å². The van der Waals surface area contributed by atoms with Gasteiger partial charge in [0.25, 0.3) is 0 Å². The SMILES string of the molecule is COc1ccc(C)cc1C[NH+]1CC[NH+](Cn2nc(-c3ccncc3)n(C)c2=S)CC1. The minimum Gasteiger partial charge on any atom is -0.496 e. The number of methoxy groups -OCH3 is 1. The monoisotopic (exact) mass is 426 g/mol. The zero-order chi connectivity index (χ0) is 21.1. The van der Waals surface area contributed by atoms with Crippen LogP contribution in [0.3, 0.4) is 0 Å². The summed E-state index contributed by atoms with van der Waals surface area (Å²) in [5.41, 5.74) is 3.61. The molecule has 0 radical (unpaired) electrons. The van der Waals surface area contributed by atoms with E-state index in [4.69, 9.17) is 22.1 Å². The van der Waals surface area contributed by atoms with E-state index in [2.05, 4.69) is 30.1 Å². The normalized spacial score (nSPS) is 19.0. The summed E-state index contributed by atoms with van der Waals surface area (Å²) >= 11 is 5.65. The van der Waals surface area contributed by atoms with Gasteiger partial charge in [0, 0.05) is 30.6 Å². The summed E-state index contributed by atoms with van der Waals surface area (Å²) in [6.07, 6.45) is 3.57. The number of piperazine rings is 1. The molecule has 0 saturated carbocycles. The molecule has 1 fully saturated rings. The highest BCUT2D eigenvalue weighted by molar-refractivity contribution is 7.71. The Bertz CT molecular complexity index is 1050. The maximum Gasteiger partial charge on any atom is 0.202 e. The number of ether oxygens (including phenoxy) is 1. The third kappa shape index (κ3) is 4.45. The molecule has 0 unspecified atom stereocenters. The van der Waals surface area contributed by atoms with Crippen LogP contribution < -0.4 is 14.5 Å². The number of aryl methyl sites for hydroxylation is 1. The Morgan fingerprint density at radius 1 is 1.07 bits per heavy atom. The van der Waals surface area contributed by atoms with Gasteiger partial charge < -0.3 is 19.1 Å². The van der Waals surface area contributed by atoms with Crippen molar-refractivity contribution in [3.8, 4) is 17.1 Å². The highest BCUT2D eigenvalue weighted by Gasteiger charge is 2.25. The number of hydrogen-bond donors (Lipinski definition) is 2. The van der Waals surface area contributed by atoms with Crippen LogP contribution in [0.1, 0.15) is 11.1 Å². The standard InChI is InChI=1S/C22H28N6OS/c1-17-4-5-20(29-3)19(14-17)15-26-10-12-27(13-11-26)16-28-22(30)25(2)21(24-28)18-6-8-23-9-7-18/h4-9,14H,10-13,15-16H2,1-3H3/p+2. The summed E-state index contributed by atoms with van der Waals surface area (Å²) < 4.78 is 10.3. The summed E-state index contributed by atoms with van der Waals surface area (Å²) in [5, 5.41) is 4.80. The summed E-state index contributed by atoms with van der Waals surface area (Å²) in [6, 6.07) is 10.4. The summed E-state index contributed by atoms with van der Waals surface area (Å²) in [7, 11) is 3.73. The fraction of sp³-hybridized carbons (Fsp3) is 0.409. The summed E-state index contributed by atoms with van der Waals surface area (Å²) in [5.74, 6) is 1.88. The van der Waals surface area contributed by atoms with Crippen LogP contribution in [0.4, 0.5) is 0 Å². The molecule has 0 aliphatic carbocycles. The molecule has 3 heterocycles. The zero-order valence-electron chi connectivity index (χ0n) is 17.9. The molecule has 1 aromatic carbocycles. The lowest BCUT2D eigenvalue weighted by Gasteiger charge is -2.29. The van der Waals surface area contributed by atoms with Gasteiger partial charge in [-0.2, -0.15) is 4.68 Å². The first-order chi connectivity index (χ1) is 14.5. The van der Waals surface area contributed by atoms with Crippen LogP contribution in [0.5, 0.6) is 5.75 Å². The van der Waals surface area contributed by atoms with Gasteiger partial charge in [-0.1, -0.05) is 11.6 Å². The molecular formula is C22H30N6OS+2. The molecule has 1 saturated heterocycles. The van der Waals surface area contributed by atoms with E-state index in [0.29, 0.717) is 0 Å². The molecule has 0 bridgehead atoms. The van der Waals surface area contributed by atoms with E-state index in [9.17, 15) is 0 Å². The predicted octanol–water partition coefficient (Wildman–Crippen LogP) is 0.271. The van der Waals surface area contributed by atoms with Crippen molar-refractivity contribution in [2.75, 3.05) is 33.3 Å². The van der Waals surface area contributed by atoms with Crippen LogP contribution in [0.2, 0.25) is 0 Å². The molecule has 158 valence electrons. The zero-order valence-corrected chi connectivity index (χ0v) is 18.7. The van der Waals surface area contributed by atoms with Crippen LogP contribution >= 0.6 is 12.2 Å². The van der Waals surface area contributed by atoms with Crippen molar-refractivity contribution in [3.63, 3.8) is 0 Å². The largest absolute Gasteiger partial charge is 0.496 e. The Balaban J connectivity index is 1.39. The van der Waals surface area contributed by atoms with Gasteiger partial charge in [-0.05, 0) is 43.4 Å². The van der Waals surface area contributed by atoms with Gasteiger partial charge in [-0.25, -0.2) is 0 Å². The van der Waals surface area contributed by atoms with Crippen LogP contribution in [0.15, 0.2) is 42.7 Å². The van der Waals surface area contributed by atoms with Crippen molar-refractivity contribution < 1.29 is 14.5 Å². The van der Waals surface area contributed by atoms with Crippen molar-refractivity contribution in [1.29, 1.82) is 0 Å². The van der Waals surface area contributed by atoms with Gasteiger partial charge in [0.2, 0.25) is 4.77 Å². The fourth-order valence-electron chi connectivity index (χ4n) is 4.16. The van der Waals surface area contributed by atoms with Gasteiger partial charge in [0.05, 0.1) is 7.11 Å². The first-order valence-electron chi connectivity index (χ1n) is 10.4. The highest BCUT2D eigenvalue weighted by Crippen LogP contribution is 2.18. The molecule has 7 nitrogen and oxygen atoms in total. The minimum atomic E-state index is 0.758. The predicted molar refractivity (Wildman–Crippen MR) is 118 cm³/mol. The topological polar surface area (TPSA) is 53.8 Å². The number of quaternary nitrogens is 2. The molecule has 0 spiro atoms. The lowest BCUT2D eigenvalue weighted by Crippen LogP contribution is -3.27. The van der Waals surface area contributed by atoms with E-state index >= 15 is 0 Å². The summed E-state index contributed by atoms with van der Waals surface area (Å²) in [4.78, 5) is 7.21. The Morgan fingerprint density at radius 3 is 2.47 bits per heavy atom. The van der Waals surface area contributed by atoms with E-state index in [1.807, 2.05) is 28.4 Å². The molecule has 8 heteroatoms. The molecule has 3 aromatic rings. The maximum atomic E-state index is 5.65. The first kappa shape index (κ1) is 20.7. The molecule has 0 amide bonds. The van der Waals surface area contributed by atoms with Crippen LogP contribution in [0, 0.1) is 11.7 Å². The lowest BCUT2D eigenvalue weighted by atomic mass is 10.1. The van der Waals surface area contributed by atoms with Crippen molar-refractivity contribution in [3.05, 3.63) is 58.6 Å². The fourth-order valence-corrected chi connectivity index (χ4v) is 4.35. The number of rotatable bonds is 6. The van der Waals surface area contributed by atoms with E-state index in [1.54, 1.807) is 24.4 Å². The van der Waals surface area contributed by atoms with Crippen molar-refractivity contribution in [1.82, 2.24) is 19.3 Å². The maximum absolute atomic E-state index is 5.65. The number of benzene rings is 1. The third-order valence-electron chi connectivity index (χ3n) is 5.89. The van der Waals surface area contributed by atoms with E-state index in [-0.39, 0.29) is 0 Å². The molecule has 2 aromatic heterocycles. The average molecular weight is 427 g/mol. The molecule has 4 rings (SSSR count). The number of aromatic nitrogens is 4. The molecule has 30 heavy (non-hydrogen) atoms. The lowest BCUT2D eigenvalue weighted by molar-refractivity contribution is -1.03. The summed E-state index contributed by atoms with van der Waals surface area (Å²) in [6.45, 7) is 8.41. The molecule has 2 N–H and O–H groups in total. The number of hydrogen-bond acceptors (Lipinski definition) is 4. The molecular weight excluding hydrogens is 396 g/mol. The van der Waals surface area contributed by atoms with Crippen LogP contribution in [0.25, 0.3) is 11.4 Å². The smallest absolute Gasteiger partial charge is 0.202 e. The first-order valence-corrected chi connectivity index (χ1v) is 10.8. The van der Waals surface area contributed by atoms with Crippen molar-refractivity contribution in [2.24, 2.45) is 7.05 Å². The number of nitrogens with one attached hydrogen (secondary N) is 2. The number of nitrogens with zero attached hydrogens (tertiary/aromatic N) is 4. The van der Waals surface area contributed by atoms with Crippen LogP contribution in [-0.2, 0) is 20.3 Å². The Morgan fingerprint density at radius 2 is 1.77 bits per heavy atom. The Kier molecular flexibility index (Phi) is 6.26. The highest BCUT2D eigenvalue weighted by atomic mass is 32.1. The quantitative estimate of drug-likeness (QED) is 0.556. The van der Waals surface area contributed by atoms with Gasteiger partial charge >= 0.3 is 0 Å². The second kappa shape index (κ2) is 9.07. The molecule has 1 aliphatic rings. The molecule has 0 atom stereocenters. The molecule has 1 aliphatic heterocycles. The van der Waals surface area contributed by atoms with Gasteiger partial charge in [-0.3, -0.25) is 4.98 Å². The van der Waals surface area contributed by atoms with Crippen molar-refractivity contribution in [2.45, 2.75) is 20.1 Å². The minimum absolute atomic E-state index is 0.758. The second-order valence-electron chi connectivity index (χ2n) is 8.05. The van der Waals surface area contributed by atoms with Gasteiger partial charge in [0.1, 0.15) is 38.5 Å². The van der Waals surface area contributed by atoms with E-state index in [0.717, 1.165) is 61.3 Å².